The molecule has 0 radical (unpaired) electrons. The first kappa shape index (κ1) is 31.3. The number of carbonyl (C=O) groups excluding carboxylic acids is 2. The first-order valence-corrected chi connectivity index (χ1v) is 12.3. The van der Waals surface area contributed by atoms with Crippen molar-refractivity contribution in [1.82, 2.24) is 0 Å². The van der Waals surface area contributed by atoms with E-state index in [1.807, 2.05) is 26.8 Å². The molecule has 2 aromatic rings. The monoisotopic (exact) mass is 546 g/mol. The molecule has 0 aliphatic rings. The summed E-state index contributed by atoms with van der Waals surface area (Å²) >= 11 is 0. The number of carbonyl (C=O) groups is 2. The molecule has 2 rings (SSSR count). The number of esters is 2. The molecule has 0 amide bonds. The zero-order valence-electron chi connectivity index (χ0n) is 22.5. The van der Waals surface area contributed by atoms with Crippen LogP contribution in [-0.4, -0.2) is 37.3 Å². The average Bonchev–Trinajstić information content (AvgIpc) is 2.81. The van der Waals surface area contributed by atoms with Crippen LogP contribution in [0.1, 0.15) is 59.9 Å². The third kappa shape index (κ3) is 8.84. The van der Waals surface area contributed by atoms with Gasteiger partial charge in [-0.05, 0) is 51.8 Å². The molecule has 0 bridgehead atoms. The highest BCUT2D eigenvalue weighted by molar-refractivity contribution is 5.84. The van der Waals surface area contributed by atoms with E-state index in [1.54, 1.807) is 24.3 Å². The summed E-state index contributed by atoms with van der Waals surface area (Å²) in [5.41, 5.74) is 0.524. The largest absolute Gasteiger partial charge is 0.482 e. The molecule has 0 heterocycles. The Balaban J connectivity index is 1.98. The highest BCUT2D eigenvalue weighted by atomic mass is 19.4. The summed E-state index contributed by atoms with van der Waals surface area (Å²) in [5, 5.41) is 1.50. The number of benzene rings is 2. The molecule has 0 saturated carbocycles. The summed E-state index contributed by atoms with van der Waals surface area (Å²) in [4.78, 5) is 24.5. The van der Waals surface area contributed by atoms with Gasteiger partial charge in [-0.1, -0.05) is 66.2 Å². The van der Waals surface area contributed by atoms with Gasteiger partial charge in [0.05, 0.1) is 5.92 Å². The van der Waals surface area contributed by atoms with Crippen molar-refractivity contribution in [3.63, 3.8) is 0 Å². The summed E-state index contributed by atoms with van der Waals surface area (Å²) in [6, 6.07) is 10.1. The van der Waals surface area contributed by atoms with Gasteiger partial charge in [0.1, 0.15) is 12.4 Å². The summed E-state index contributed by atoms with van der Waals surface area (Å²) in [5.74, 6) is -6.81. The zero-order valence-corrected chi connectivity index (χ0v) is 22.5. The first-order valence-electron chi connectivity index (χ1n) is 12.3. The van der Waals surface area contributed by atoms with Gasteiger partial charge in [0, 0.05) is 0 Å². The number of ether oxygens (including phenoxy) is 3. The molecule has 0 aliphatic heterocycles. The van der Waals surface area contributed by atoms with Crippen LogP contribution in [0, 0.1) is 16.7 Å². The Morgan fingerprint density at radius 3 is 2.05 bits per heavy atom. The summed E-state index contributed by atoms with van der Waals surface area (Å²) in [7, 11) is 0. The van der Waals surface area contributed by atoms with Crippen LogP contribution in [0.5, 0.6) is 5.75 Å². The van der Waals surface area contributed by atoms with E-state index in [9.17, 15) is 31.5 Å². The summed E-state index contributed by atoms with van der Waals surface area (Å²) in [6.45, 7) is 9.59. The van der Waals surface area contributed by atoms with Crippen molar-refractivity contribution >= 4 is 22.7 Å². The Labute approximate surface area is 219 Å². The number of hydrogen-bond acceptors (Lipinski definition) is 5. The molecule has 0 spiro atoms. The topological polar surface area (TPSA) is 61.8 Å². The second kappa shape index (κ2) is 11.9. The van der Waals surface area contributed by atoms with E-state index in [1.165, 1.54) is 6.07 Å². The molecule has 38 heavy (non-hydrogen) atoms. The highest BCUT2D eigenvalue weighted by Crippen LogP contribution is 2.39. The van der Waals surface area contributed by atoms with Crippen LogP contribution in [0.25, 0.3) is 10.8 Å². The number of halogens is 5. The van der Waals surface area contributed by atoms with Crippen LogP contribution in [0.15, 0.2) is 36.4 Å². The van der Waals surface area contributed by atoms with Gasteiger partial charge in [0.15, 0.2) is 13.2 Å². The predicted octanol–water partition coefficient (Wildman–Crippen LogP) is 7.49. The quantitative estimate of drug-likeness (QED) is 0.216. The average molecular weight is 547 g/mol. The van der Waals surface area contributed by atoms with Gasteiger partial charge >= 0.3 is 24.0 Å². The lowest BCUT2D eigenvalue weighted by atomic mass is 9.70. The van der Waals surface area contributed by atoms with Gasteiger partial charge in [0.25, 0.3) is 0 Å². The van der Waals surface area contributed by atoms with E-state index in [0.717, 1.165) is 17.4 Å². The van der Waals surface area contributed by atoms with Crippen molar-refractivity contribution in [2.75, 3.05) is 13.2 Å². The number of alkyl halides is 5. The fraction of sp³-hybridized carbons (Fsp3) is 0.571. The van der Waals surface area contributed by atoms with E-state index in [-0.39, 0.29) is 35.1 Å². The maximum absolute atomic E-state index is 13.0. The summed E-state index contributed by atoms with van der Waals surface area (Å²) in [6.07, 6.45) is -4.16. The van der Waals surface area contributed by atoms with Gasteiger partial charge in [0.2, 0.25) is 0 Å². The Kier molecular flexibility index (Phi) is 9.78. The third-order valence-electron chi connectivity index (χ3n) is 6.49. The smallest absolute Gasteiger partial charge is 0.456 e. The Bertz CT molecular complexity index is 1120. The maximum atomic E-state index is 13.0. The lowest BCUT2D eigenvalue weighted by Gasteiger charge is -2.35. The predicted molar refractivity (Wildman–Crippen MR) is 133 cm³/mol. The van der Waals surface area contributed by atoms with Gasteiger partial charge < -0.3 is 14.2 Å². The van der Waals surface area contributed by atoms with Gasteiger partial charge in [-0.15, -0.1) is 0 Å². The van der Waals surface area contributed by atoms with E-state index >= 15 is 0 Å². The van der Waals surface area contributed by atoms with Crippen LogP contribution < -0.4 is 4.74 Å². The standard InChI is InChI=1S/C28H35F5O5/c1-7-26(5,6)14-22(25(2,3)4)24(35)37-15-18-8-9-20-13-21(11-10-19(20)12-18)36-16-23(34)38-17-27(29,30)28(31,32)33/h8-13,22H,7,14-17H2,1-6H3. The molecule has 1 unspecified atom stereocenters. The first-order chi connectivity index (χ1) is 17.3. The number of hydrogen-bond donors (Lipinski definition) is 0. The maximum Gasteiger partial charge on any atom is 0.456 e. The molecular formula is C28H35F5O5. The van der Waals surface area contributed by atoms with E-state index < -0.39 is 31.3 Å². The number of rotatable bonds is 11. The minimum Gasteiger partial charge on any atom is -0.482 e. The second-order valence-electron chi connectivity index (χ2n) is 11.2. The van der Waals surface area contributed by atoms with Crippen molar-refractivity contribution in [3.8, 4) is 5.75 Å². The molecule has 0 aliphatic carbocycles. The SMILES string of the molecule is CCC(C)(C)CC(C(=O)OCc1ccc2cc(OCC(=O)OCC(F)(F)C(F)(F)F)ccc2c1)C(C)(C)C. The van der Waals surface area contributed by atoms with Crippen molar-refractivity contribution in [1.29, 1.82) is 0 Å². The molecule has 0 aromatic heterocycles. The van der Waals surface area contributed by atoms with Gasteiger partial charge in [-0.2, -0.15) is 22.0 Å². The highest BCUT2D eigenvalue weighted by Gasteiger charge is 2.58. The van der Waals surface area contributed by atoms with Crippen LogP contribution in [0.3, 0.4) is 0 Å². The Hall–Kier alpha value is -2.91. The second-order valence-corrected chi connectivity index (χ2v) is 11.2. The van der Waals surface area contributed by atoms with Crippen LogP contribution in [0.2, 0.25) is 0 Å². The zero-order chi connectivity index (χ0) is 28.9. The normalized spacial score (nSPS) is 13.8. The van der Waals surface area contributed by atoms with E-state index in [4.69, 9.17) is 9.47 Å². The molecule has 212 valence electrons. The molecule has 0 saturated heterocycles. The van der Waals surface area contributed by atoms with Crippen molar-refractivity contribution in [2.45, 2.75) is 73.1 Å². The van der Waals surface area contributed by atoms with Crippen LogP contribution in [-0.2, 0) is 25.7 Å². The number of fused-ring (bicyclic) bond motifs is 1. The fourth-order valence-corrected chi connectivity index (χ4v) is 3.58. The molecule has 2 aromatic carbocycles. The molecule has 1 atom stereocenters. The van der Waals surface area contributed by atoms with Crippen LogP contribution in [0.4, 0.5) is 22.0 Å². The minimum absolute atomic E-state index is 0.00454. The molecule has 10 heteroatoms. The van der Waals surface area contributed by atoms with E-state index in [0.29, 0.717) is 11.8 Å². The fourth-order valence-electron chi connectivity index (χ4n) is 3.58. The molecule has 0 N–H and O–H groups in total. The van der Waals surface area contributed by atoms with Gasteiger partial charge in [-0.25, -0.2) is 4.79 Å². The van der Waals surface area contributed by atoms with E-state index in [2.05, 4.69) is 25.5 Å². The van der Waals surface area contributed by atoms with Gasteiger partial charge in [-0.3, -0.25) is 4.79 Å². The summed E-state index contributed by atoms with van der Waals surface area (Å²) < 4.78 is 77.0. The van der Waals surface area contributed by atoms with Crippen molar-refractivity contribution in [2.24, 2.45) is 16.7 Å². The Morgan fingerprint density at radius 1 is 0.868 bits per heavy atom. The minimum atomic E-state index is -5.82. The molecular weight excluding hydrogens is 511 g/mol. The van der Waals surface area contributed by atoms with Crippen molar-refractivity contribution < 1.29 is 45.8 Å². The lowest BCUT2D eigenvalue weighted by Crippen LogP contribution is -2.41. The van der Waals surface area contributed by atoms with Crippen molar-refractivity contribution in [3.05, 3.63) is 42.0 Å². The Morgan fingerprint density at radius 2 is 1.47 bits per heavy atom. The molecule has 5 nitrogen and oxygen atoms in total. The lowest BCUT2D eigenvalue weighted by molar-refractivity contribution is -0.294. The van der Waals surface area contributed by atoms with Crippen LogP contribution >= 0.6 is 0 Å². The third-order valence-corrected chi connectivity index (χ3v) is 6.49. The molecule has 0 fully saturated rings.